The molecule has 68 valence electrons. The molecule has 0 aromatic carbocycles. The largest absolute Gasteiger partial charge is 0.395 e. The molecular formula is C8H18ClNO. The van der Waals surface area contributed by atoms with Gasteiger partial charge in [0.1, 0.15) is 0 Å². The fourth-order valence-electron chi connectivity index (χ4n) is 1.47. The Bertz CT molecular complexity index is 94.1. The smallest absolute Gasteiger partial charge is 0.0584 e. The summed E-state index contributed by atoms with van der Waals surface area (Å²) in [6.07, 6.45) is 3.99. The van der Waals surface area contributed by atoms with Gasteiger partial charge >= 0.3 is 0 Å². The van der Waals surface area contributed by atoms with Crippen LogP contribution >= 0.6 is 12.4 Å². The highest BCUT2D eigenvalue weighted by atomic mass is 35.5. The van der Waals surface area contributed by atoms with Gasteiger partial charge in [-0.3, -0.25) is 4.90 Å². The van der Waals surface area contributed by atoms with Crippen LogP contribution in [0.2, 0.25) is 0 Å². The highest BCUT2D eigenvalue weighted by Crippen LogP contribution is 2.10. The molecule has 0 radical (unpaired) electrons. The summed E-state index contributed by atoms with van der Waals surface area (Å²) in [4.78, 5) is 2.36. The number of nitrogens with zero attached hydrogens (tertiary/aromatic N) is 1. The minimum absolute atomic E-state index is 0. The first-order chi connectivity index (χ1) is 4.84. The standard InChI is InChI=1S/C8H17NO.ClH/c1-8(7-10)9-5-3-2-4-6-9;/h8,10H,2-7H2,1H3;1H. The molecule has 0 spiro atoms. The summed E-state index contributed by atoms with van der Waals surface area (Å²) in [5, 5.41) is 8.85. The number of halogens is 1. The molecule has 1 heterocycles. The van der Waals surface area contributed by atoms with Crippen LogP contribution in [-0.4, -0.2) is 35.7 Å². The molecule has 1 N–H and O–H groups in total. The predicted molar refractivity (Wildman–Crippen MR) is 49.2 cm³/mol. The summed E-state index contributed by atoms with van der Waals surface area (Å²) in [6, 6.07) is 0.375. The number of aliphatic hydroxyl groups is 1. The molecule has 0 saturated carbocycles. The molecule has 1 saturated heterocycles. The van der Waals surface area contributed by atoms with Crippen molar-refractivity contribution in [3.05, 3.63) is 0 Å². The van der Waals surface area contributed by atoms with Gasteiger partial charge in [0, 0.05) is 6.04 Å². The van der Waals surface area contributed by atoms with Crippen molar-refractivity contribution in [1.82, 2.24) is 4.90 Å². The van der Waals surface area contributed by atoms with Crippen molar-refractivity contribution in [3.63, 3.8) is 0 Å². The molecule has 1 unspecified atom stereocenters. The lowest BCUT2D eigenvalue weighted by Crippen LogP contribution is -2.39. The molecule has 1 rings (SSSR count). The van der Waals surface area contributed by atoms with E-state index in [0.717, 1.165) is 0 Å². The van der Waals surface area contributed by atoms with E-state index >= 15 is 0 Å². The first-order valence-electron chi connectivity index (χ1n) is 4.19. The van der Waals surface area contributed by atoms with Crippen LogP contribution < -0.4 is 0 Å². The first kappa shape index (κ1) is 11.2. The topological polar surface area (TPSA) is 23.5 Å². The van der Waals surface area contributed by atoms with Gasteiger partial charge in [-0.05, 0) is 32.9 Å². The third-order valence-electron chi connectivity index (χ3n) is 2.28. The van der Waals surface area contributed by atoms with E-state index in [4.69, 9.17) is 5.11 Å². The van der Waals surface area contributed by atoms with Crippen molar-refractivity contribution in [2.45, 2.75) is 32.2 Å². The first-order valence-corrected chi connectivity index (χ1v) is 4.19. The molecule has 2 nitrogen and oxygen atoms in total. The number of hydrogen-bond acceptors (Lipinski definition) is 2. The molecule has 1 aliphatic heterocycles. The summed E-state index contributed by atoms with van der Waals surface area (Å²) in [6.45, 7) is 4.76. The van der Waals surface area contributed by atoms with Gasteiger partial charge < -0.3 is 5.11 Å². The number of piperidine rings is 1. The average Bonchev–Trinajstić information content (AvgIpc) is 2.05. The van der Waals surface area contributed by atoms with Crippen LogP contribution in [0.15, 0.2) is 0 Å². The number of rotatable bonds is 2. The van der Waals surface area contributed by atoms with Gasteiger partial charge in [-0.15, -0.1) is 12.4 Å². The molecule has 0 bridgehead atoms. The maximum Gasteiger partial charge on any atom is 0.0584 e. The molecule has 11 heavy (non-hydrogen) atoms. The monoisotopic (exact) mass is 179 g/mol. The van der Waals surface area contributed by atoms with Gasteiger partial charge in [0.25, 0.3) is 0 Å². The van der Waals surface area contributed by atoms with E-state index in [1.165, 1.54) is 32.4 Å². The summed E-state index contributed by atoms with van der Waals surface area (Å²) in [7, 11) is 0. The second-order valence-corrected chi connectivity index (χ2v) is 3.13. The number of aliphatic hydroxyl groups excluding tert-OH is 1. The average molecular weight is 180 g/mol. The lowest BCUT2D eigenvalue weighted by Gasteiger charge is -2.30. The Balaban J connectivity index is 0.000001000. The molecule has 1 fully saturated rings. The molecule has 0 aromatic heterocycles. The molecule has 0 amide bonds. The van der Waals surface area contributed by atoms with E-state index in [1.807, 2.05) is 0 Å². The highest BCUT2D eigenvalue weighted by Gasteiger charge is 2.14. The quantitative estimate of drug-likeness (QED) is 0.691. The zero-order chi connectivity index (χ0) is 7.40. The molecule has 1 aliphatic rings. The van der Waals surface area contributed by atoms with Crippen molar-refractivity contribution < 1.29 is 5.11 Å². The fraction of sp³-hybridized carbons (Fsp3) is 1.00. The van der Waals surface area contributed by atoms with Crippen LogP contribution in [0, 0.1) is 0 Å². The van der Waals surface area contributed by atoms with Gasteiger partial charge in [0.05, 0.1) is 6.61 Å². The SMILES string of the molecule is CC(CO)N1CCCCC1.Cl. The minimum atomic E-state index is 0. The Hall–Kier alpha value is 0.210. The molecule has 3 heteroatoms. The Morgan fingerprint density at radius 2 is 1.82 bits per heavy atom. The maximum absolute atomic E-state index is 8.85. The Morgan fingerprint density at radius 3 is 2.27 bits per heavy atom. The van der Waals surface area contributed by atoms with E-state index in [9.17, 15) is 0 Å². The third-order valence-corrected chi connectivity index (χ3v) is 2.28. The lowest BCUT2D eigenvalue weighted by atomic mass is 10.1. The van der Waals surface area contributed by atoms with Crippen LogP contribution in [0.1, 0.15) is 26.2 Å². The Kier molecular flexibility index (Phi) is 5.92. The zero-order valence-electron chi connectivity index (χ0n) is 7.12. The van der Waals surface area contributed by atoms with Crippen LogP contribution in [0.5, 0.6) is 0 Å². The Labute approximate surface area is 75.0 Å². The van der Waals surface area contributed by atoms with E-state index in [0.29, 0.717) is 12.6 Å². The fourth-order valence-corrected chi connectivity index (χ4v) is 1.47. The van der Waals surface area contributed by atoms with E-state index in [1.54, 1.807) is 0 Å². The van der Waals surface area contributed by atoms with Crippen LogP contribution in [0.3, 0.4) is 0 Å². The summed E-state index contributed by atoms with van der Waals surface area (Å²) >= 11 is 0. The summed E-state index contributed by atoms with van der Waals surface area (Å²) in [5.74, 6) is 0. The van der Waals surface area contributed by atoms with Crippen LogP contribution in [0.25, 0.3) is 0 Å². The van der Waals surface area contributed by atoms with Crippen molar-refractivity contribution in [2.75, 3.05) is 19.7 Å². The van der Waals surface area contributed by atoms with Crippen molar-refractivity contribution in [2.24, 2.45) is 0 Å². The minimum Gasteiger partial charge on any atom is -0.395 e. The van der Waals surface area contributed by atoms with Crippen molar-refractivity contribution in [1.29, 1.82) is 0 Å². The van der Waals surface area contributed by atoms with Crippen LogP contribution in [-0.2, 0) is 0 Å². The summed E-state index contributed by atoms with van der Waals surface area (Å²) in [5.41, 5.74) is 0. The van der Waals surface area contributed by atoms with Gasteiger partial charge in [-0.25, -0.2) is 0 Å². The van der Waals surface area contributed by atoms with E-state index < -0.39 is 0 Å². The normalized spacial score (nSPS) is 22.4. The van der Waals surface area contributed by atoms with Gasteiger partial charge in [0.15, 0.2) is 0 Å². The van der Waals surface area contributed by atoms with Crippen molar-refractivity contribution >= 4 is 12.4 Å². The number of hydrogen-bond donors (Lipinski definition) is 1. The van der Waals surface area contributed by atoms with Gasteiger partial charge in [0.2, 0.25) is 0 Å². The van der Waals surface area contributed by atoms with E-state index in [-0.39, 0.29) is 12.4 Å². The lowest BCUT2D eigenvalue weighted by molar-refractivity contribution is 0.115. The maximum atomic E-state index is 8.85. The zero-order valence-corrected chi connectivity index (χ0v) is 7.94. The summed E-state index contributed by atoms with van der Waals surface area (Å²) < 4.78 is 0. The predicted octanol–water partition coefficient (Wildman–Crippen LogP) is 1.27. The number of likely N-dealkylation sites (tertiary alicyclic amines) is 1. The van der Waals surface area contributed by atoms with E-state index in [2.05, 4.69) is 11.8 Å². The Morgan fingerprint density at radius 1 is 1.27 bits per heavy atom. The molecule has 1 atom stereocenters. The van der Waals surface area contributed by atoms with Gasteiger partial charge in [-0.2, -0.15) is 0 Å². The van der Waals surface area contributed by atoms with Crippen LogP contribution in [0.4, 0.5) is 0 Å². The second kappa shape index (κ2) is 5.81. The highest BCUT2D eigenvalue weighted by molar-refractivity contribution is 5.85. The third kappa shape index (κ3) is 3.41. The second-order valence-electron chi connectivity index (χ2n) is 3.13. The van der Waals surface area contributed by atoms with Crippen molar-refractivity contribution in [3.8, 4) is 0 Å². The molecule has 0 aromatic rings. The molecular weight excluding hydrogens is 162 g/mol. The molecule has 0 aliphatic carbocycles. The van der Waals surface area contributed by atoms with Gasteiger partial charge in [-0.1, -0.05) is 6.42 Å².